The van der Waals surface area contributed by atoms with Crippen LogP contribution < -0.4 is 0 Å². The van der Waals surface area contributed by atoms with Gasteiger partial charge in [-0.3, -0.25) is 0 Å². The summed E-state index contributed by atoms with van der Waals surface area (Å²) >= 11 is 0. The van der Waals surface area contributed by atoms with Gasteiger partial charge >= 0.3 is 8.56 Å². The Morgan fingerprint density at radius 1 is 1.17 bits per heavy atom. The minimum absolute atomic E-state index is 1.11. The van der Waals surface area contributed by atoms with Gasteiger partial charge in [-0.05, 0) is 39.8 Å². The molecule has 0 aromatic carbocycles. The number of rotatable bonds is 0. The topological polar surface area (TPSA) is 21.7 Å². The Morgan fingerprint density at radius 2 is 1.67 bits per heavy atom. The molecule has 0 amide bonds. The maximum Gasteiger partial charge on any atom is 0.312 e. The summed E-state index contributed by atoms with van der Waals surface area (Å²) in [5.41, 5.74) is 0. The van der Waals surface area contributed by atoms with Crippen molar-refractivity contribution in [2.75, 3.05) is 7.05 Å². The summed E-state index contributed by atoms with van der Waals surface area (Å²) in [6.07, 6.45) is 0. The first-order valence-corrected chi connectivity index (χ1v) is 12.2. The fraction of sp³-hybridized carbons (Fsp3) is 1.00. The first-order valence-electron chi connectivity index (χ1n) is 4.35. The van der Waals surface area contributed by atoms with Gasteiger partial charge in [-0.2, -0.15) is 0 Å². The molecule has 0 aromatic rings. The molecule has 1 unspecified atom stereocenters. The van der Waals surface area contributed by atoms with Crippen LogP contribution in [0.4, 0.5) is 0 Å². The number of hydrogen-bond donors (Lipinski definition) is 0. The summed E-state index contributed by atoms with van der Waals surface area (Å²) < 4.78 is 14.4. The van der Waals surface area contributed by atoms with Gasteiger partial charge in [0.2, 0.25) is 9.20 Å². The third-order valence-corrected chi connectivity index (χ3v) is 15.7. The van der Waals surface area contributed by atoms with Crippen molar-refractivity contribution >= 4 is 26.2 Å². The summed E-state index contributed by atoms with van der Waals surface area (Å²) in [5.74, 6) is 0. The molecular weight excluding hydrogens is 202 g/mol. The van der Waals surface area contributed by atoms with Gasteiger partial charge in [0.25, 0.3) is 8.48 Å². The predicted molar refractivity (Wildman–Crippen MR) is 57.9 cm³/mol. The smallest absolute Gasteiger partial charge is 0.312 e. The van der Waals surface area contributed by atoms with Crippen LogP contribution in [-0.2, 0) is 8.23 Å². The molecule has 0 radical (unpaired) electrons. The molecule has 1 rings (SSSR count). The Kier molecular flexibility index (Phi) is 2.68. The molecule has 3 nitrogen and oxygen atoms in total. The van der Waals surface area contributed by atoms with E-state index in [2.05, 4.69) is 44.0 Å². The molecule has 0 N–H and O–H groups in total. The molecular formula is C6H19NO2Si3. The Morgan fingerprint density at radius 3 is 2.08 bits per heavy atom. The molecule has 6 heteroatoms. The van der Waals surface area contributed by atoms with E-state index in [0.717, 1.165) is 0 Å². The molecule has 1 aliphatic rings. The van der Waals surface area contributed by atoms with E-state index in [1.807, 2.05) is 0 Å². The first kappa shape index (κ1) is 10.6. The highest BCUT2D eigenvalue weighted by Crippen LogP contribution is 2.25. The summed E-state index contributed by atoms with van der Waals surface area (Å²) in [7, 11) is -2.27. The van der Waals surface area contributed by atoms with Gasteiger partial charge in [0.15, 0.2) is 0 Å². The second kappa shape index (κ2) is 3.03. The lowest BCUT2D eigenvalue weighted by Gasteiger charge is -2.48. The van der Waals surface area contributed by atoms with Crippen LogP contribution in [0.3, 0.4) is 0 Å². The maximum absolute atomic E-state index is 6.06. The lowest BCUT2D eigenvalue weighted by molar-refractivity contribution is 0.318. The van der Waals surface area contributed by atoms with Crippen LogP contribution in [0.25, 0.3) is 0 Å². The van der Waals surface area contributed by atoms with Crippen molar-refractivity contribution in [3.05, 3.63) is 0 Å². The van der Waals surface area contributed by atoms with Crippen LogP contribution in [-0.4, -0.2) is 37.5 Å². The fourth-order valence-electron chi connectivity index (χ4n) is 1.63. The van der Waals surface area contributed by atoms with Crippen LogP contribution in [0, 0.1) is 0 Å². The van der Waals surface area contributed by atoms with E-state index < -0.39 is 26.2 Å². The standard InChI is InChI=1S/C6H19NO2Si3/c1-7-10(2)8-12(5,6)9-11(7,3)4/h10H,1-6H3. The SMILES string of the molecule is CN1[SiH](C)O[Si](C)(C)O[Si]1(C)C. The van der Waals surface area contributed by atoms with Crippen LogP contribution in [0.1, 0.15) is 0 Å². The van der Waals surface area contributed by atoms with Crippen LogP contribution in [0.5, 0.6) is 0 Å². The Hall–Kier alpha value is 0.531. The Labute approximate surface area is 78.9 Å². The first-order chi connectivity index (χ1) is 5.25. The minimum atomic E-state index is -1.75. The monoisotopic (exact) mass is 221 g/mol. The molecule has 1 heterocycles. The van der Waals surface area contributed by atoms with E-state index in [9.17, 15) is 0 Å². The largest absolute Gasteiger partial charge is 0.427 e. The van der Waals surface area contributed by atoms with E-state index in [4.69, 9.17) is 8.23 Å². The average molecular weight is 221 g/mol. The van der Waals surface area contributed by atoms with Crippen molar-refractivity contribution in [2.45, 2.75) is 32.7 Å². The highest BCUT2D eigenvalue weighted by atomic mass is 28.5. The third-order valence-electron chi connectivity index (χ3n) is 2.34. The van der Waals surface area contributed by atoms with Crippen LogP contribution in [0.15, 0.2) is 0 Å². The van der Waals surface area contributed by atoms with Crippen molar-refractivity contribution in [1.29, 1.82) is 0 Å². The van der Waals surface area contributed by atoms with Crippen LogP contribution in [0.2, 0.25) is 32.7 Å². The van der Waals surface area contributed by atoms with Crippen molar-refractivity contribution in [1.82, 2.24) is 4.23 Å². The zero-order chi connectivity index (χ0) is 9.57. The van der Waals surface area contributed by atoms with Crippen molar-refractivity contribution in [2.24, 2.45) is 0 Å². The fourth-order valence-corrected chi connectivity index (χ4v) is 16.0. The highest BCUT2D eigenvalue weighted by molar-refractivity contribution is 6.91. The third kappa shape index (κ3) is 2.06. The average Bonchev–Trinajstić information content (AvgIpc) is 1.79. The molecule has 0 bridgehead atoms. The molecule has 0 aromatic heterocycles. The molecule has 1 atom stereocenters. The zero-order valence-corrected chi connectivity index (χ0v) is 12.0. The van der Waals surface area contributed by atoms with Crippen molar-refractivity contribution in [3.63, 3.8) is 0 Å². The predicted octanol–water partition coefficient (Wildman–Crippen LogP) is 1.22. The molecule has 0 aliphatic carbocycles. The molecule has 72 valence electrons. The Bertz CT molecular complexity index is 186. The zero-order valence-electron chi connectivity index (χ0n) is 8.84. The summed E-state index contributed by atoms with van der Waals surface area (Å²) in [4.78, 5) is 0. The minimum Gasteiger partial charge on any atom is -0.427 e. The molecule has 1 aliphatic heterocycles. The van der Waals surface area contributed by atoms with Gasteiger partial charge in [0.05, 0.1) is 0 Å². The number of hydrogen-bond acceptors (Lipinski definition) is 3. The molecule has 12 heavy (non-hydrogen) atoms. The maximum atomic E-state index is 6.06. The number of nitrogens with zero attached hydrogens (tertiary/aromatic N) is 1. The summed E-state index contributed by atoms with van der Waals surface area (Å²) in [6, 6.07) is 0. The molecule has 0 saturated carbocycles. The Balaban J connectivity index is 2.80. The van der Waals surface area contributed by atoms with E-state index in [1.165, 1.54) is 0 Å². The van der Waals surface area contributed by atoms with Crippen molar-refractivity contribution < 1.29 is 8.23 Å². The van der Waals surface area contributed by atoms with E-state index in [0.29, 0.717) is 0 Å². The van der Waals surface area contributed by atoms with Gasteiger partial charge < -0.3 is 12.5 Å². The molecule has 1 fully saturated rings. The second-order valence-electron chi connectivity index (χ2n) is 4.28. The molecule has 1 saturated heterocycles. The normalized spacial score (nSPS) is 35.0. The van der Waals surface area contributed by atoms with Gasteiger partial charge in [0.1, 0.15) is 0 Å². The summed E-state index contributed by atoms with van der Waals surface area (Å²) in [6.45, 7) is 11.1. The lowest BCUT2D eigenvalue weighted by atomic mass is 11.6. The van der Waals surface area contributed by atoms with Gasteiger partial charge in [-0.25, -0.2) is 0 Å². The highest BCUT2D eigenvalue weighted by Gasteiger charge is 2.46. The van der Waals surface area contributed by atoms with E-state index in [-0.39, 0.29) is 0 Å². The second-order valence-corrected chi connectivity index (χ2v) is 14.9. The van der Waals surface area contributed by atoms with Crippen LogP contribution >= 0.6 is 0 Å². The quantitative estimate of drug-likeness (QED) is 0.574. The molecule has 0 spiro atoms. The van der Waals surface area contributed by atoms with Gasteiger partial charge in [-0.1, -0.05) is 0 Å². The van der Waals surface area contributed by atoms with Gasteiger partial charge in [0, 0.05) is 0 Å². The summed E-state index contributed by atoms with van der Waals surface area (Å²) in [5, 5.41) is 0. The van der Waals surface area contributed by atoms with E-state index in [1.54, 1.807) is 0 Å². The van der Waals surface area contributed by atoms with Crippen molar-refractivity contribution in [3.8, 4) is 0 Å². The van der Waals surface area contributed by atoms with Gasteiger partial charge in [-0.15, -0.1) is 0 Å². The lowest BCUT2D eigenvalue weighted by Crippen LogP contribution is -2.68. The van der Waals surface area contributed by atoms with E-state index >= 15 is 0 Å².